The molecule has 0 aliphatic heterocycles. The molecule has 0 saturated heterocycles. The van der Waals surface area contributed by atoms with E-state index in [4.69, 9.17) is 4.74 Å². The SMILES string of the molecule is CCCCCCCCC/C=C\CCCC(CC(=O)NC(CO)C(O)CCCCCCCCCCCCCCCCC)OC(=O)CCCCCCCCCCC. The largest absolute Gasteiger partial charge is 0.462 e. The zero-order valence-corrected chi connectivity index (χ0v) is 37.1. The fraction of sp³-hybridized carbons (Fsp3) is 0.918. The van der Waals surface area contributed by atoms with Crippen LogP contribution in [0.2, 0.25) is 0 Å². The predicted molar refractivity (Wildman–Crippen MR) is 237 cm³/mol. The first-order chi connectivity index (χ1) is 27.0. The first-order valence-corrected chi connectivity index (χ1v) is 24.4. The predicted octanol–water partition coefficient (Wildman–Crippen LogP) is 14.2. The number of carbonyl (C=O) groups excluding carboxylic acids is 2. The van der Waals surface area contributed by atoms with E-state index in [1.165, 1.54) is 167 Å². The monoisotopic (exact) mass is 778 g/mol. The molecule has 3 atom stereocenters. The average Bonchev–Trinajstić information content (AvgIpc) is 3.18. The quantitative estimate of drug-likeness (QED) is 0.0325. The van der Waals surface area contributed by atoms with Crippen LogP contribution in [0, 0.1) is 0 Å². The van der Waals surface area contributed by atoms with Crippen LogP contribution in [0.1, 0.15) is 265 Å². The molecule has 3 N–H and O–H groups in total. The summed E-state index contributed by atoms with van der Waals surface area (Å²) in [6, 6.07) is -0.702. The van der Waals surface area contributed by atoms with Crippen molar-refractivity contribution in [1.82, 2.24) is 5.32 Å². The summed E-state index contributed by atoms with van der Waals surface area (Å²) in [6.45, 7) is 6.46. The molecule has 0 radical (unpaired) electrons. The molecule has 0 heterocycles. The molecule has 55 heavy (non-hydrogen) atoms. The van der Waals surface area contributed by atoms with Crippen molar-refractivity contribution in [2.24, 2.45) is 0 Å². The van der Waals surface area contributed by atoms with Crippen LogP contribution in [0.3, 0.4) is 0 Å². The third-order valence-electron chi connectivity index (χ3n) is 11.3. The van der Waals surface area contributed by atoms with Crippen molar-refractivity contribution in [3.8, 4) is 0 Å². The summed E-state index contributed by atoms with van der Waals surface area (Å²) < 4.78 is 5.88. The highest BCUT2D eigenvalue weighted by molar-refractivity contribution is 5.77. The first-order valence-electron chi connectivity index (χ1n) is 24.4. The van der Waals surface area contributed by atoms with Crippen LogP contribution in [0.4, 0.5) is 0 Å². The molecule has 0 spiro atoms. The minimum Gasteiger partial charge on any atom is -0.462 e. The standard InChI is InChI=1S/C49H95NO5/c1-4-7-10-13-16-19-21-23-24-25-27-30-32-35-38-41-47(52)46(44-51)50-48(53)43-45(40-37-34-31-29-26-22-20-17-14-11-8-5-2)55-49(54)42-39-36-33-28-18-15-12-9-6-3/h29,31,45-47,51-52H,4-28,30,32-44H2,1-3H3,(H,50,53)/b31-29-. The molecule has 0 aliphatic carbocycles. The van der Waals surface area contributed by atoms with Gasteiger partial charge in [0.2, 0.25) is 5.91 Å². The van der Waals surface area contributed by atoms with Gasteiger partial charge in [-0.2, -0.15) is 0 Å². The van der Waals surface area contributed by atoms with E-state index in [0.717, 1.165) is 51.4 Å². The second-order valence-corrected chi connectivity index (χ2v) is 16.9. The number of aliphatic hydroxyl groups is 2. The lowest BCUT2D eigenvalue weighted by molar-refractivity contribution is -0.151. The van der Waals surface area contributed by atoms with Crippen LogP contribution in [0.5, 0.6) is 0 Å². The fourth-order valence-corrected chi connectivity index (χ4v) is 7.61. The number of aliphatic hydroxyl groups excluding tert-OH is 2. The molecule has 0 fully saturated rings. The molecule has 0 aliphatic rings. The van der Waals surface area contributed by atoms with Gasteiger partial charge in [0, 0.05) is 6.42 Å². The Morgan fingerprint density at radius 3 is 1.33 bits per heavy atom. The van der Waals surface area contributed by atoms with Gasteiger partial charge in [-0.3, -0.25) is 9.59 Å². The van der Waals surface area contributed by atoms with Crippen molar-refractivity contribution in [2.45, 2.75) is 283 Å². The van der Waals surface area contributed by atoms with Gasteiger partial charge in [-0.1, -0.05) is 219 Å². The smallest absolute Gasteiger partial charge is 0.306 e. The first kappa shape index (κ1) is 53.6. The molecule has 6 nitrogen and oxygen atoms in total. The van der Waals surface area contributed by atoms with Gasteiger partial charge >= 0.3 is 5.97 Å². The molecule has 1 amide bonds. The number of ether oxygens (including phenoxy) is 1. The van der Waals surface area contributed by atoms with Gasteiger partial charge in [0.15, 0.2) is 0 Å². The zero-order chi connectivity index (χ0) is 40.3. The van der Waals surface area contributed by atoms with E-state index < -0.39 is 18.2 Å². The van der Waals surface area contributed by atoms with Crippen molar-refractivity contribution in [3.05, 3.63) is 12.2 Å². The van der Waals surface area contributed by atoms with Crippen LogP contribution in [0.25, 0.3) is 0 Å². The lowest BCUT2D eigenvalue weighted by Crippen LogP contribution is -2.46. The lowest BCUT2D eigenvalue weighted by atomic mass is 10.0. The molecule has 0 rings (SSSR count). The number of hydrogen-bond donors (Lipinski definition) is 3. The number of unbranched alkanes of at least 4 members (excludes halogenated alkanes) is 30. The second-order valence-electron chi connectivity index (χ2n) is 16.9. The Morgan fingerprint density at radius 1 is 0.509 bits per heavy atom. The third-order valence-corrected chi connectivity index (χ3v) is 11.3. The molecule has 0 aromatic heterocycles. The number of nitrogens with one attached hydrogen (secondary N) is 1. The zero-order valence-electron chi connectivity index (χ0n) is 37.1. The Bertz CT molecular complexity index is 832. The van der Waals surface area contributed by atoms with Gasteiger partial charge in [-0.05, 0) is 44.9 Å². The number of allylic oxidation sites excluding steroid dienone is 2. The number of carbonyl (C=O) groups is 2. The van der Waals surface area contributed by atoms with Crippen LogP contribution in [0.15, 0.2) is 12.2 Å². The number of hydrogen-bond acceptors (Lipinski definition) is 5. The second kappa shape index (κ2) is 43.7. The normalized spacial score (nSPS) is 13.3. The summed E-state index contributed by atoms with van der Waals surface area (Å²) in [5.74, 6) is -0.493. The Balaban J connectivity index is 4.50. The fourth-order valence-electron chi connectivity index (χ4n) is 7.61. The molecule has 0 saturated carbocycles. The minimum atomic E-state index is -0.787. The van der Waals surface area contributed by atoms with Crippen LogP contribution in [-0.4, -0.2) is 46.9 Å². The van der Waals surface area contributed by atoms with Gasteiger partial charge in [0.1, 0.15) is 6.10 Å². The maximum absolute atomic E-state index is 13.1. The molecular formula is C49H95NO5. The maximum Gasteiger partial charge on any atom is 0.306 e. The van der Waals surface area contributed by atoms with Crippen molar-refractivity contribution in [3.63, 3.8) is 0 Å². The molecule has 0 aromatic carbocycles. The Hall–Kier alpha value is -1.40. The highest BCUT2D eigenvalue weighted by Crippen LogP contribution is 2.17. The van der Waals surface area contributed by atoms with E-state index in [1.54, 1.807) is 0 Å². The van der Waals surface area contributed by atoms with Crippen LogP contribution >= 0.6 is 0 Å². The van der Waals surface area contributed by atoms with E-state index in [2.05, 4.69) is 38.2 Å². The maximum atomic E-state index is 13.1. The van der Waals surface area contributed by atoms with Crippen molar-refractivity contribution < 1.29 is 24.5 Å². The Morgan fingerprint density at radius 2 is 0.891 bits per heavy atom. The summed E-state index contributed by atoms with van der Waals surface area (Å²) >= 11 is 0. The summed E-state index contributed by atoms with van der Waals surface area (Å²) in [5, 5.41) is 23.7. The van der Waals surface area contributed by atoms with Gasteiger partial charge in [0.05, 0.1) is 25.2 Å². The number of amides is 1. The van der Waals surface area contributed by atoms with Crippen LogP contribution < -0.4 is 5.32 Å². The third kappa shape index (κ3) is 39.2. The van der Waals surface area contributed by atoms with Gasteiger partial charge in [0.25, 0.3) is 0 Å². The van der Waals surface area contributed by atoms with E-state index in [-0.39, 0.29) is 24.9 Å². The summed E-state index contributed by atoms with van der Waals surface area (Å²) in [4.78, 5) is 25.9. The molecule has 0 aromatic rings. The summed E-state index contributed by atoms with van der Waals surface area (Å²) in [5.41, 5.74) is 0. The minimum absolute atomic E-state index is 0.0629. The molecule has 3 unspecified atom stereocenters. The van der Waals surface area contributed by atoms with E-state index in [9.17, 15) is 19.8 Å². The van der Waals surface area contributed by atoms with Crippen molar-refractivity contribution in [2.75, 3.05) is 6.61 Å². The molecule has 326 valence electrons. The number of esters is 1. The van der Waals surface area contributed by atoms with E-state index >= 15 is 0 Å². The van der Waals surface area contributed by atoms with E-state index in [1.807, 2.05) is 0 Å². The highest BCUT2D eigenvalue weighted by Gasteiger charge is 2.24. The number of rotatable bonds is 44. The average molecular weight is 778 g/mol. The Kier molecular flexibility index (Phi) is 42.6. The summed E-state index contributed by atoms with van der Waals surface area (Å²) in [6.07, 6.45) is 47.0. The van der Waals surface area contributed by atoms with Crippen molar-refractivity contribution in [1.29, 1.82) is 0 Å². The Labute approximate surface area is 342 Å². The lowest BCUT2D eigenvalue weighted by Gasteiger charge is -2.24. The van der Waals surface area contributed by atoms with E-state index in [0.29, 0.717) is 19.3 Å². The molecular weight excluding hydrogens is 683 g/mol. The summed E-state index contributed by atoms with van der Waals surface area (Å²) in [7, 11) is 0. The molecule has 0 bridgehead atoms. The van der Waals surface area contributed by atoms with Crippen molar-refractivity contribution >= 4 is 11.9 Å². The molecule has 6 heteroatoms. The van der Waals surface area contributed by atoms with Crippen LogP contribution in [-0.2, 0) is 14.3 Å². The topological polar surface area (TPSA) is 95.9 Å². The van der Waals surface area contributed by atoms with Gasteiger partial charge < -0.3 is 20.3 Å². The van der Waals surface area contributed by atoms with Gasteiger partial charge in [-0.15, -0.1) is 0 Å². The van der Waals surface area contributed by atoms with Gasteiger partial charge in [-0.25, -0.2) is 0 Å². The highest BCUT2D eigenvalue weighted by atomic mass is 16.5.